The van der Waals surface area contributed by atoms with Crippen LogP contribution in [0.25, 0.3) is 0 Å². The standard InChI is InChI=1S/C15H25N3/c1-4-14-5-6-15(16-11-14)12-17-7-9-18(10-8-17)13(2)3/h5-6,11,13H,4,7-10,12H2,1-3H3. The van der Waals surface area contributed by atoms with Gasteiger partial charge in [-0.1, -0.05) is 13.0 Å². The summed E-state index contributed by atoms with van der Waals surface area (Å²) < 4.78 is 0. The van der Waals surface area contributed by atoms with Crippen LogP contribution in [0.4, 0.5) is 0 Å². The summed E-state index contributed by atoms with van der Waals surface area (Å²) in [6.45, 7) is 12.4. The minimum absolute atomic E-state index is 0.675. The minimum Gasteiger partial charge on any atom is -0.298 e. The number of piperazine rings is 1. The summed E-state index contributed by atoms with van der Waals surface area (Å²) in [6.07, 6.45) is 3.08. The van der Waals surface area contributed by atoms with Crippen LogP contribution in [0.1, 0.15) is 32.0 Å². The van der Waals surface area contributed by atoms with Gasteiger partial charge in [-0.15, -0.1) is 0 Å². The van der Waals surface area contributed by atoms with Crippen molar-refractivity contribution in [3.05, 3.63) is 29.6 Å². The molecule has 1 saturated heterocycles. The Balaban J connectivity index is 1.83. The first-order valence-electron chi connectivity index (χ1n) is 7.09. The highest BCUT2D eigenvalue weighted by Gasteiger charge is 2.18. The van der Waals surface area contributed by atoms with Crippen molar-refractivity contribution in [1.29, 1.82) is 0 Å². The molecule has 0 bridgehead atoms. The van der Waals surface area contributed by atoms with Crippen LogP contribution in [0.3, 0.4) is 0 Å². The lowest BCUT2D eigenvalue weighted by Crippen LogP contribution is -2.48. The van der Waals surface area contributed by atoms with Crippen LogP contribution < -0.4 is 0 Å². The van der Waals surface area contributed by atoms with Gasteiger partial charge >= 0.3 is 0 Å². The van der Waals surface area contributed by atoms with Crippen LogP contribution in [0.15, 0.2) is 18.3 Å². The zero-order valence-corrected chi connectivity index (χ0v) is 11.9. The smallest absolute Gasteiger partial charge is 0.0544 e. The molecule has 0 atom stereocenters. The molecule has 1 fully saturated rings. The van der Waals surface area contributed by atoms with Gasteiger partial charge in [0.25, 0.3) is 0 Å². The first kappa shape index (κ1) is 13.5. The van der Waals surface area contributed by atoms with Crippen LogP contribution in [-0.2, 0) is 13.0 Å². The van der Waals surface area contributed by atoms with Crippen LogP contribution in [0, 0.1) is 0 Å². The van der Waals surface area contributed by atoms with E-state index in [-0.39, 0.29) is 0 Å². The fourth-order valence-electron chi connectivity index (χ4n) is 2.42. The molecule has 1 aromatic heterocycles. The van der Waals surface area contributed by atoms with Gasteiger partial charge in [-0.3, -0.25) is 14.8 Å². The molecule has 0 N–H and O–H groups in total. The summed E-state index contributed by atoms with van der Waals surface area (Å²) in [6, 6.07) is 5.05. The molecule has 2 rings (SSSR count). The van der Waals surface area contributed by atoms with E-state index in [1.54, 1.807) is 0 Å². The van der Waals surface area contributed by atoms with Crippen LogP contribution in [0.2, 0.25) is 0 Å². The Morgan fingerprint density at radius 2 is 1.89 bits per heavy atom. The molecule has 3 nitrogen and oxygen atoms in total. The third-order valence-corrected chi connectivity index (χ3v) is 3.82. The second-order valence-electron chi connectivity index (χ2n) is 5.42. The van der Waals surface area contributed by atoms with Crippen molar-refractivity contribution in [3.63, 3.8) is 0 Å². The summed E-state index contributed by atoms with van der Waals surface area (Å²) >= 11 is 0. The lowest BCUT2D eigenvalue weighted by Gasteiger charge is -2.36. The van der Waals surface area contributed by atoms with E-state index in [1.807, 2.05) is 6.20 Å². The largest absolute Gasteiger partial charge is 0.298 e. The predicted molar refractivity (Wildman–Crippen MR) is 75.6 cm³/mol. The number of rotatable bonds is 4. The quantitative estimate of drug-likeness (QED) is 0.813. The van der Waals surface area contributed by atoms with Gasteiger partial charge in [0.2, 0.25) is 0 Å². The maximum absolute atomic E-state index is 4.54. The lowest BCUT2D eigenvalue weighted by molar-refractivity contribution is 0.103. The van der Waals surface area contributed by atoms with E-state index in [1.165, 1.54) is 24.3 Å². The SMILES string of the molecule is CCc1ccc(CN2CCN(C(C)C)CC2)nc1. The highest BCUT2D eigenvalue weighted by atomic mass is 15.3. The van der Waals surface area contributed by atoms with Crippen molar-refractivity contribution in [2.45, 2.75) is 39.8 Å². The first-order valence-corrected chi connectivity index (χ1v) is 7.09. The average Bonchev–Trinajstić information content (AvgIpc) is 2.40. The summed E-state index contributed by atoms with van der Waals surface area (Å²) in [5.74, 6) is 0. The third kappa shape index (κ3) is 3.53. The van der Waals surface area contributed by atoms with E-state index in [0.29, 0.717) is 6.04 Å². The number of aryl methyl sites for hydroxylation is 1. The van der Waals surface area contributed by atoms with Gasteiger partial charge in [-0.25, -0.2) is 0 Å². The summed E-state index contributed by atoms with van der Waals surface area (Å²) in [4.78, 5) is 9.60. The molecular weight excluding hydrogens is 222 g/mol. The summed E-state index contributed by atoms with van der Waals surface area (Å²) in [7, 11) is 0. The molecule has 2 heterocycles. The second-order valence-corrected chi connectivity index (χ2v) is 5.42. The van der Waals surface area contributed by atoms with Gasteiger partial charge in [-0.05, 0) is 31.9 Å². The van der Waals surface area contributed by atoms with Crippen LogP contribution in [-0.4, -0.2) is 47.0 Å². The molecule has 0 aromatic carbocycles. The zero-order valence-electron chi connectivity index (χ0n) is 11.9. The Labute approximate surface area is 111 Å². The third-order valence-electron chi connectivity index (χ3n) is 3.82. The van der Waals surface area contributed by atoms with Crippen molar-refractivity contribution in [2.24, 2.45) is 0 Å². The highest BCUT2D eigenvalue weighted by molar-refractivity contribution is 5.13. The van der Waals surface area contributed by atoms with Gasteiger partial charge in [-0.2, -0.15) is 0 Å². The Kier molecular flexibility index (Phi) is 4.72. The molecule has 1 aliphatic heterocycles. The van der Waals surface area contributed by atoms with Crippen LogP contribution >= 0.6 is 0 Å². The average molecular weight is 247 g/mol. The topological polar surface area (TPSA) is 19.4 Å². The maximum Gasteiger partial charge on any atom is 0.0544 e. The van der Waals surface area contributed by atoms with Gasteiger partial charge in [0.1, 0.15) is 0 Å². The van der Waals surface area contributed by atoms with E-state index in [9.17, 15) is 0 Å². The summed E-state index contributed by atoms with van der Waals surface area (Å²) in [5.41, 5.74) is 2.52. The number of nitrogens with zero attached hydrogens (tertiary/aromatic N) is 3. The molecule has 0 unspecified atom stereocenters. The van der Waals surface area contributed by atoms with Gasteiger partial charge in [0, 0.05) is 45.0 Å². The molecule has 1 aromatic rings. The van der Waals surface area contributed by atoms with Crippen LogP contribution in [0.5, 0.6) is 0 Å². The minimum atomic E-state index is 0.675. The highest BCUT2D eigenvalue weighted by Crippen LogP contribution is 2.09. The summed E-state index contributed by atoms with van der Waals surface area (Å²) in [5, 5.41) is 0. The maximum atomic E-state index is 4.54. The Hall–Kier alpha value is -0.930. The van der Waals surface area contributed by atoms with Crippen molar-refractivity contribution in [3.8, 4) is 0 Å². The van der Waals surface area contributed by atoms with Crippen molar-refractivity contribution in [2.75, 3.05) is 26.2 Å². The molecule has 0 saturated carbocycles. The zero-order chi connectivity index (χ0) is 13.0. The van der Waals surface area contributed by atoms with E-state index in [0.717, 1.165) is 26.1 Å². The monoisotopic (exact) mass is 247 g/mol. The molecule has 0 aliphatic carbocycles. The molecular formula is C15H25N3. The van der Waals surface area contributed by atoms with E-state index >= 15 is 0 Å². The van der Waals surface area contributed by atoms with Crippen molar-refractivity contribution in [1.82, 2.24) is 14.8 Å². The number of pyridine rings is 1. The molecule has 0 spiro atoms. The predicted octanol–water partition coefficient (Wildman–Crippen LogP) is 2.17. The molecule has 3 heteroatoms. The van der Waals surface area contributed by atoms with Gasteiger partial charge in [0.05, 0.1) is 5.69 Å². The molecule has 0 radical (unpaired) electrons. The number of hydrogen-bond acceptors (Lipinski definition) is 3. The lowest BCUT2D eigenvalue weighted by atomic mass is 10.2. The normalized spacial score (nSPS) is 18.4. The van der Waals surface area contributed by atoms with Crippen molar-refractivity contribution >= 4 is 0 Å². The molecule has 1 aliphatic rings. The van der Waals surface area contributed by atoms with E-state index in [4.69, 9.17) is 0 Å². The fourth-order valence-corrected chi connectivity index (χ4v) is 2.42. The van der Waals surface area contributed by atoms with Gasteiger partial charge < -0.3 is 0 Å². The first-order chi connectivity index (χ1) is 8.69. The Bertz CT molecular complexity index is 351. The Morgan fingerprint density at radius 1 is 1.17 bits per heavy atom. The second kappa shape index (κ2) is 6.30. The van der Waals surface area contributed by atoms with E-state index < -0.39 is 0 Å². The van der Waals surface area contributed by atoms with E-state index in [2.05, 4.69) is 47.7 Å². The molecule has 100 valence electrons. The fraction of sp³-hybridized carbons (Fsp3) is 0.667. The van der Waals surface area contributed by atoms with Crippen molar-refractivity contribution < 1.29 is 0 Å². The Morgan fingerprint density at radius 3 is 2.39 bits per heavy atom. The molecule has 18 heavy (non-hydrogen) atoms. The number of aromatic nitrogens is 1. The molecule has 0 amide bonds. The number of hydrogen-bond donors (Lipinski definition) is 0. The van der Waals surface area contributed by atoms with Gasteiger partial charge in [0.15, 0.2) is 0 Å².